The van der Waals surface area contributed by atoms with Gasteiger partial charge in [-0.3, -0.25) is 4.98 Å². The number of aromatic nitrogens is 2. The lowest BCUT2D eigenvalue weighted by atomic mass is 9.67. The van der Waals surface area contributed by atoms with E-state index in [1.165, 1.54) is 66.0 Å². The number of hydrogen-bond donors (Lipinski definition) is 0. The van der Waals surface area contributed by atoms with Crippen LogP contribution in [0, 0.1) is 0 Å². The van der Waals surface area contributed by atoms with Crippen molar-refractivity contribution in [3.05, 3.63) is 192 Å². The quantitative estimate of drug-likeness (QED) is 0.189. The first-order chi connectivity index (χ1) is 22.8. The van der Waals surface area contributed by atoms with Gasteiger partial charge in [0, 0.05) is 27.7 Å². The number of pyridine rings is 1. The van der Waals surface area contributed by atoms with E-state index >= 15 is 0 Å². The first kappa shape index (κ1) is 25.3. The molecule has 0 bridgehead atoms. The zero-order chi connectivity index (χ0) is 30.2. The number of hydrogen-bond acceptors (Lipinski definition) is 1. The van der Waals surface area contributed by atoms with Gasteiger partial charge in [-0.15, -0.1) is 0 Å². The van der Waals surface area contributed by atoms with Crippen LogP contribution in [0.5, 0.6) is 0 Å². The molecule has 2 aromatic heterocycles. The Hall–Kier alpha value is -5.99. The SMILES string of the molecule is c1ccc(C2(c3ccccc3)c3ccccc3-c3cc4c5ccccc5n(-c5cccc6ccc7cccnc7c56)c4cc32)cc1. The minimum atomic E-state index is -0.461. The average Bonchev–Trinajstić information content (AvgIpc) is 3.61. The summed E-state index contributed by atoms with van der Waals surface area (Å²) in [5.41, 5.74) is 11.9. The van der Waals surface area contributed by atoms with E-state index in [-0.39, 0.29) is 0 Å². The summed E-state index contributed by atoms with van der Waals surface area (Å²) in [5, 5.41) is 6.01. The van der Waals surface area contributed by atoms with Crippen molar-refractivity contribution in [2.45, 2.75) is 5.41 Å². The van der Waals surface area contributed by atoms with Gasteiger partial charge in [-0.2, -0.15) is 0 Å². The molecule has 9 aromatic rings. The number of nitrogens with zero attached hydrogens (tertiary/aromatic N) is 2. The molecule has 7 aromatic carbocycles. The highest BCUT2D eigenvalue weighted by molar-refractivity contribution is 6.15. The molecule has 1 aliphatic carbocycles. The van der Waals surface area contributed by atoms with Gasteiger partial charge in [-0.25, -0.2) is 0 Å². The third kappa shape index (κ3) is 3.28. The van der Waals surface area contributed by atoms with Crippen molar-refractivity contribution in [1.82, 2.24) is 9.55 Å². The fraction of sp³-hybridized carbons (Fsp3) is 0.0227. The third-order valence-corrected chi connectivity index (χ3v) is 10.1. The lowest BCUT2D eigenvalue weighted by Gasteiger charge is -2.34. The van der Waals surface area contributed by atoms with E-state index in [1.54, 1.807) is 0 Å². The van der Waals surface area contributed by atoms with E-state index in [1.807, 2.05) is 12.3 Å². The number of para-hydroxylation sites is 1. The lowest BCUT2D eigenvalue weighted by Crippen LogP contribution is -2.28. The monoisotopic (exact) mass is 584 g/mol. The lowest BCUT2D eigenvalue weighted by molar-refractivity contribution is 0.769. The Kier molecular flexibility index (Phi) is 5.24. The second-order valence-corrected chi connectivity index (χ2v) is 12.3. The smallest absolute Gasteiger partial charge is 0.0801 e. The molecule has 0 fully saturated rings. The van der Waals surface area contributed by atoms with Crippen LogP contribution < -0.4 is 0 Å². The summed E-state index contributed by atoms with van der Waals surface area (Å²) < 4.78 is 2.48. The van der Waals surface area contributed by atoms with Gasteiger partial charge in [0.15, 0.2) is 0 Å². The molecule has 2 nitrogen and oxygen atoms in total. The number of fused-ring (bicyclic) bond motifs is 9. The fourth-order valence-electron chi connectivity index (χ4n) is 8.24. The number of rotatable bonds is 3. The highest BCUT2D eigenvalue weighted by Crippen LogP contribution is 2.57. The Balaban J connectivity index is 1.40. The summed E-state index contributed by atoms with van der Waals surface area (Å²) >= 11 is 0. The Morgan fingerprint density at radius 1 is 0.457 bits per heavy atom. The minimum absolute atomic E-state index is 0.461. The van der Waals surface area contributed by atoms with E-state index in [0.29, 0.717) is 0 Å². The Bertz CT molecular complexity index is 2590. The summed E-state index contributed by atoms with van der Waals surface area (Å²) in [6, 6.07) is 60.1. The van der Waals surface area contributed by atoms with E-state index in [0.717, 1.165) is 16.6 Å². The molecule has 214 valence electrons. The van der Waals surface area contributed by atoms with Crippen molar-refractivity contribution in [3.63, 3.8) is 0 Å². The summed E-state index contributed by atoms with van der Waals surface area (Å²) in [7, 11) is 0. The van der Waals surface area contributed by atoms with E-state index in [2.05, 4.69) is 162 Å². The molecule has 0 N–H and O–H groups in total. The van der Waals surface area contributed by atoms with Gasteiger partial charge in [-0.1, -0.05) is 133 Å². The zero-order valence-electron chi connectivity index (χ0n) is 25.1. The van der Waals surface area contributed by atoms with Gasteiger partial charge in [0.05, 0.1) is 27.7 Å². The molecule has 2 heterocycles. The van der Waals surface area contributed by atoms with Crippen molar-refractivity contribution in [2.75, 3.05) is 0 Å². The van der Waals surface area contributed by atoms with Crippen molar-refractivity contribution in [3.8, 4) is 16.8 Å². The van der Waals surface area contributed by atoms with Crippen molar-refractivity contribution in [2.24, 2.45) is 0 Å². The molecule has 0 aliphatic heterocycles. The normalized spacial score (nSPS) is 13.4. The van der Waals surface area contributed by atoms with Gasteiger partial charge in [0.1, 0.15) is 0 Å². The molecule has 0 saturated heterocycles. The van der Waals surface area contributed by atoms with E-state index in [9.17, 15) is 0 Å². The standard InChI is InChI=1S/C44H28N2/c1-3-15-31(16-4-1)44(32-17-5-2-6-18-32)37-21-9-7-19-33(37)35-27-36-34-20-8-10-22-39(34)46(41(36)28-38(35)44)40-23-11-13-29-24-25-30-14-12-26-45-43(30)42(29)40/h1-28H. The van der Waals surface area contributed by atoms with Crippen LogP contribution in [0.1, 0.15) is 22.3 Å². The van der Waals surface area contributed by atoms with Crippen LogP contribution in [0.4, 0.5) is 0 Å². The maximum Gasteiger partial charge on any atom is 0.0801 e. The molecule has 0 unspecified atom stereocenters. The summed E-state index contributed by atoms with van der Waals surface area (Å²) in [6.45, 7) is 0. The predicted molar refractivity (Wildman–Crippen MR) is 191 cm³/mol. The molecular formula is C44H28N2. The van der Waals surface area contributed by atoms with Crippen LogP contribution in [0.2, 0.25) is 0 Å². The largest absolute Gasteiger partial charge is 0.309 e. The van der Waals surface area contributed by atoms with Gasteiger partial charge < -0.3 is 4.57 Å². The Morgan fingerprint density at radius 2 is 1.15 bits per heavy atom. The first-order valence-electron chi connectivity index (χ1n) is 15.9. The van der Waals surface area contributed by atoms with Crippen LogP contribution in [0.15, 0.2) is 170 Å². The molecule has 0 radical (unpaired) electrons. The molecule has 0 spiro atoms. The van der Waals surface area contributed by atoms with Gasteiger partial charge in [-0.05, 0) is 69.1 Å². The molecule has 0 atom stereocenters. The predicted octanol–water partition coefficient (Wildman–Crippen LogP) is 10.8. The summed E-state index contributed by atoms with van der Waals surface area (Å²) in [4.78, 5) is 4.91. The highest BCUT2D eigenvalue weighted by atomic mass is 15.0. The first-order valence-corrected chi connectivity index (χ1v) is 15.9. The van der Waals surface area contributed by atoms with Crippen LogP contribution in [-0.2, 0) is 5.41 Å². The summed E-state index contributed by atoms with van der Waals surface area (Å²) in [5.74, 6) is 0. The van der Waals surface area contributed by atoms with Crippen LogP contribution in [0.25, 0.3) is 60.3 Å². The fourth-order valence-corrected chi connectivity index (χ4v) is 8.24. The molecule has 0 amide bonds. The molecule has 1 aliphatic rings. The molecule has 0 saturated carbocycles. The number of benzene rings is 7. The minimum Gasteiger partial charge on any atom is -0.309 e. The second-order valence-electron chi connectivity index (χ2n) is 12.3. The Morgan fingerprint density at radius 3 is 1.98 bits per heavy atom. The zero-order valence-corrected chi connectivity index (χ0v) is 25.1. The van der Waals surface area contributed by atoms with E-state index in [4.69, 9.17) is 4.98 Å². The Labute approximate surface area is 266 Å². The third-order valence-electron chi connectivity index (χ3n) is 10.1. The van der Waals surface area contributed by atoms with Crippen molar-refractivity contribution >= 4 is 43.5 Å². The maximum atomic E-state index is 4.91. The van der Waals surface area contributed by atoms with Crippen LogP contribution in [0.3, 0.4) is 0 Å². The molecule has 10 rings (SSSR count). The van der Waals surface area contributed by atoms with Gasteiger partial charge in [0.25, 0.3) is 0 Å². The summed E-state index contributed by atoms with van der Waals surface area (Å²) in [6.07, 6.45) is 1.91. The van der Waals surface area contributed by atoms with Gasteiger partial charge >= 0.3 is 0 Å². The molecule has 2 heteroatoms. The second kappa shape index (κ2) is 9.50. The van der Waals surface area contributed by atoms with Crippen molar-refractivity contribution < 1.29 is 0 Å². The average molecular weight is 585 g/mol. The molecular weight excluding hydrogens is 556 g/mol. The molecule has 46 heavy (non-hydrogen) atoms. The topological polar surface area (TPSA) is 17.8 Å². The highest BCUT2D eigenvalue weighted by Gasteiger charge is 2.46. The van der Waals surface area contributed by atoms with Crippen LogP contribution >= 0.6 is 0 Å². The van der Waals surface area contributed by atoms with Crippen molar-refractivity contribution in [1.29, 1.82) is 0 Å². The van der Waals surface area contributed by atoms with E-state index < -0.39 is 5.41 Å². The van der Waals surface area contributed by atoms with Gasteiger partial charge in [0.2, 0.25) is 0 Å². The van der Waals surface area contributed by atoms with Crippen LogP contribution in [-0.4, -0.2) is 9.55 Å². The maximum absolute atomic E-state index is 4.91.